The Labute approximate surface area is 95.8 Å². The second kappa shape index (κ2) is 5.59. The Morgan fingerprint density at radius 1 is 1.35 bits per heavy atom. The number of carbonyl (C=O) groups is 2. The standard InChI is InChI=1S/C10H9NO6/c12-9(13)4-5-10(14)17-8-3-1-2-7(6-8)11(15)16/h1-3,6H,4-5H2,(H,12,13). The molecule has 0 atom stereocenters. The maximum Gasteiger partial charge on any atom is 0.311 e. The van der Waals surface area contributed by atoms with Crippen LogP contribution in [0.2, 0.25) is 0 Å². The minimum absolute atomic E-state index is 0.0228. The van der Waals surface area contributed by atoms with E-state index in [1.807, 2.05) is 0 Å². The average Bonchev–Trinajstić information content (AvgIpc) is 2.26. The summed E-state index contributed by atoms with van der Waals surface area (Å²) in [5.41, 5.74) is -0.200. The summed E-state index contributed by atoms with van der Waals surface area (Å²) in [5, 5.41) is 18.8. The van der Waals surface area contributed by atoms with Gasteiger partial charge < -0.3 is 9.84 Å². The third kappa shape index (κ3) is 4.29. The lowest BCUT2D eigenvalue weighted by atomic mass is 10.3. The Balaban J connectivity index is 2.62. The number of esters is 1. The van der Waals surface area contributed by atoms with Crippen molar-refractivity contribution in [3.63, 3.8) is 0 Å². The number of ether oxygens (including phenoxy) is 1. The predicted molar refractivity (Wildman–Crippen MR) is 55.6 cm³/mol. The number of aliphatic carboxylic acids is 1. The average molecular weight is 239 g/mol. The third-order valence-electron chi connectivity index (χ3n) is 1.80. The van der Waals surface area contributed by atoms with E-state index in [9.17, 15) is 19.7 Å². The normalized spacial score (nSPS) is 9.65. The van der Waals surface area contributed by atoms with Gasteiger partial charge in [-0.25, -0.2) is 0 Å². The van der Waals surface area contributed by atoms with Gasteiger partial charge in [0.15, 0.2) is 0 Å². The summed E-state index contributed by atoms with van der Waals surface area (Å²) in [6.07, 6.45) is -0.619. The van der Waals surface area contributed by atoms with Crippen LogP contribution < -0.4 is 4.74 Å². The maximum absolute atomic E-state index is 11.1. The number of carbonyl (C=O) groups excluding carboxylic acids is 1. The van der Waals surface area contributed by atoms with E-state index in [4.69, 9.17) is 9.84 Å². The highest BCUT2D eigenvalue weighted by atomic mass is 16.6. The summed E-state index contributed by atoms with van der Waals surface area (Å²) in [4.78, 5) is 31.2. The highest BCUT2D eigenvalue weighted by Gasteiger charge is 2.11. The number of carboxylic acids is 1. The molecule has 1 aromatic rings. The van der Waals surface area contributed by atoms with Crippen LogP contribution in [0.3, 0.4) is 0 Å². The number of nitro groups is 1. The molecule has 90 valence electrons. The Kier molecular flexibility index (Phi) is 4.15. The molecule has 0 aliphatic rings. The summed E-state index contributed by atoms with van der Waals surface area (Å²) >= 11 is 0. The van der Waals surface area contributed by atoms with Gasteiger partial charge in [0.25, 0.3) is 5.69 Å². The maximum atomic E-state index is 11.1. The number of hydrogen-bond acceptors (Lipinski definition) is 5. The number of non-ortho nitro benzene ring substituents is 1. The van der Waals surface area contributed by atoms with Gasteiger partial charge in [-0.3, -0.25) is 19.7 Å². The molecule has 0 unspecified atom stereocenters. The van der Waals surface area contributed by atoms with E-state index in [1.165, 1.54) is 18.2 Å². The highest BCUT2D eigenvalue weighted by Crippen LogP contribution is 2.19. The second-order valence-corrected chi connectivity index (χ2v) is 3.12. The molecule has 0 fully saturated rings. The van der Waals surface area contributed by atoms with Crippen LogP contribution in [0.4, 0.5) is 5.69 Å². The number of carboxylic acid groups (broad SMARTS) is 1. The minimum atomic E-state index is -1.11. The zero-order valence-corrected chi connectivity index (χ0v) is 8.66. The van der Waals surface area contributed by atoms with Crippen molar-refractivity contribution in [2.75, 3.05) is 0 Å². The lowest BCUT2D eigenvalue weighted by Gasteiger charge is -2.02. The predicted octanol–water partition coefficient (Wildman–Crippen LogP) is 1.36. The first-order valence-electron chi connectivity index (χ1n) is 4.66. The third-order valence-corrected chi connectivity index (χ3v) is 1.80. The lowest BCUT2D eigenvalue weighted by Crippen LogP contribution is -2.10. The molecule has 0 saturated carbocycles. The molecule has 0 aromatic heterocycles. The molecule has 1 rings (SSSR count). The zero-order chi connectivity index (χ0) is 12.8. The monoisotopic (exact) mass is 239 g/mol. The molecule has 7 heteroatoms. The summed E-state index contributed by atoms with van der Waals surface area (Å²) in [5.74, 6) is -1.83. The number of benzene rings is 1. The van der Waals surface area contributed by atoms with Crippen molar-refractivity contribution in [1.82, 2.24) is 0 Å². The second-order valence-electron chi connectivity index (χ2n) is 3.12. The van der Waals surface area contributed by atoms with Crippen LogP contribution in [0.15, 0.2) is 24.3 Å². The number of nitrogens with zero attached hydrogens (tertiary/aromatic N) is 1. The van der Waals surface area contributed by atoms with Gasteiger partial charge in [0.05, 0.1) is 23.8 Å². The van der Waals surface area contributed by atoms with E-state index < -0.39 is 16.9 Å². The van der Waals surface area contributed by atoms with Crippen molar-refractivity contribution in [2.24, 2.45) is 0 Å². The molecule has 0 aliphatic carbocycles. The molecule has 17 heavy (non-hydrogen) atoms. The van der Waals surface area contributed by atoms with Crippen LogP contribution in [0, 0.1) is 10.1 Å². The summed E-state index contributed by atoms with van der Waals surface area (Å²) < 4.78 is 4.75. The molecule has 0 aliphatic heterocycles. The number of hydrogen-bond donors (Lipinski definition) is 1. The van der Waals surface area contributed by atoms with Crippen molar-refractivity contribution < 1.29 is 24.4 Å². The van der Waals surface area contributed by atoms with Gasteiger partial charge in [0.2, 0.25) is 0 Å². The number of nitro benzene ring substituents is 1. The Morgan fingerprint density at radius 3 is 2.65 bits per heavy atom. The summed E-state index contributed by atoms with van der Waals surface area (Å²) in [7, 11) is 0. The quantitative estimate of drug-likeness (QED) is 0.360. The molecule has 7 nitrogen and oxygen atoms in total. The van der Waals surface area contributed by atoms with E-state index in [0.717, 1.165) is 6.07 Å². The van der Waals surface area contributed by atoms with Gasteiger partial charge in [-0.1, -0.05) is 6.07 Å². The molecule has 0 spiro atoms. The smallest absolute Gasteiger partial charge is 0.311 e. The Hall–Kier alpha value is -2.44. The van der Waals surface area contributed by atoms with E-state index in [-0.39, 0.29) is 24.3 Å². The number of rotatable bonds is 5. The van der Waals surface area contributed by atoms with Crippen LogP contribution >= 0.6 is 0 Å². The molecule has 0 heterocycles. The Bertz CT molecular complexity index is 456. The summed E-state index contributed by atoms with van der Waals surface area (Å²) in [6.45, 7) is 0. The molecule has 0 saturated heterocycles. The van der Waals surface area contributed by atoms with Gasteiger partial charge in [0, 0.05) is 6.07 Å². The van der Waals surface area contributed by atoms with Crippen molar-refractivity contribution in [3.8, 4) is 5.75 Å². The SMILES string of the molecule is O=C(O)CCC(=O)Oc1cccc([N+](=O)[O-])c1. The molecule has 0 bridgehead atoms. The van der Waals surface area contributed by atoms with Crippen molar-refractivity contribution >= 4 is 17.6 Å². The van der Waals surface area contributed by atoms with Crippen LogP contribution in [0.5, 0.6) is 5.75 Å². The lowest BCUT2D eigenvalue weighted by molar-refractivity contribution is -0.384. The summed E-state index contributed by atoms with van der Waals surface area (Å²) in [6, 6.07) is 5.11. The molecule has 1 N–H and O–H groups in total. The van der Waals surface area contributed by atoms with Gasteiger partial charge >= 0.3 is 11.9 Å². The van der Waals surface area contributed by atoms with Crippen molar-refractivity contribution in [1.29, 1.82) is 0 Å². The molecular weight excluding hydrogens is 230 g/mol. The largest absolute Gasteiger partial charge is 0.481 e. The van der Waals surface area contributed by atoms with Gasteiger partial charge in [-0.2, -0.15) is 0 Å². The van der Waals surface area contributed by atoms with E-state index in [0.29, 0.717) is 0 Å². The van der Waals surface area contributed by atoms with Crippen molar-refractivity contribution in [2.45, 2.75) is 12.8 Å². The fraction of sp³-hybridized carbons (Fsp3) is 0.200. The van der Waals surface area contributed by atoms with Crippen molar-refractivity contribution in [3.05, 3.63) is 34.4 Å². The molecule has 0 amide bonds. The van der Waals surface area contributed by atoms with E-state index in [2.05, 4.69) is 0 Å². The van der Waals surface area contributed by atoms with Gasteiger partial charge in [-0.05, 0) is 6.07 Å². The fourth-order valence-corrected chi connectivity index (χ4v) is 1.05. The minimum Gasteiger partial charge on any atom is -0.481 e. The molecular formula is C10H9NO6. The van der Waals surface area contributed by atoms with Crippen LogP contribution in [-0.2, 0) is 9.59 Å². The fourth-order valence-electron chi connectivity index (χ4n) is 1.05. The first kappa shape index (κ1) is 12.6. The first-order valence-corrected chi connectivity index (χ1v) is 4.66. The molecule has 0 radical (unpaired) electrons. The van der Waals surface area contributed by atoms with Crippen LogP contribution in [-0.4, -0.2) is 22.0 Å². The van der Waals surface area contributed by atoms with Gasteiger partial charge in [0.1, 0.15) is 5.75 Å². The first-order chi connectivity index (χ1) is 7.99. The van der Waals surface area contributed by atoms with E-state index in [1.54, 1.807) is 0 Å². The van der Waals surface area contributed by atoms with Gasteiger partial charge in [-0.15, -0.1) is 0 Å². The topological polar surface area (TPSA) is 107 Å². The molecule has 1 aromatic carbocycles. The van der Waals surface area contributed by atoms with E-state index >= 15 is 0 Å². The Morgan fingerprint density at radius 2 is 2.06 bits per heavy atom. The zero-order valence-electron chi connectivity index (χ0n) is 8.66. The highest BCUT2D eigenvalue weighted by molar-refractivity contribution is 5.78. The van der Waals surface area contributed by atoms with Crippen LogP contribution in [0.1, 0.15) is 12.8 Å². The van der Waals surface area contributed by atoms with Crippen LogP contribution in [0.25, 0.3) is 0 Å².